The maximum absolute atomic E-state index is 4.07. The Labute approximate surface area is 112 Å². The van der Waals surface area contributed by atoms with Gasteiger partial charge < -0.3 is 4.90 Å². The normalized spacial score (nSPS) is 11.4. The minimum atomic E-state index is 0.976. The van der Waals surface area contributed by atoms with Crippen LogP contribution in [0.4, 0.5) is 0 Å². The smallest absolute Gasteiger partial charge is 0.0386 e. The lowest BCUT2D eigenvalue weighted by atomic mass is 10.1. The molecule has 0 aliphatic rings. The van der Waals surface area contributed by atoms with E-state index >= 15 is 0 Å². The zero-order valence-corrected chi connectivity index (χ0v) is 11.9. The van der Waals surface area contributed by atoms with Crippen LogP contribution in [0.2, 0.25) is 0 Å². The third-order valence-corrected chi connectivity index (χ3v) is 2.97. The van der Waals surface area contributed by atoms with Crippen molar-refractivity contribution in [3.63, 3.8) is 0 Å². The molecule has 0 aliphatic heterocycles. The average molecular weight is 243 g/mol. The molecule has 1 aromatic carbocycles. The summed E-state index contributed by atoms with van der Waals surface area (Å²) >= 11 is 0. The number of nitrogens with zero attached hydrogens (tertiary/aromatic N) is 1. The van der Waals surface area contributed by atoms with Crippen LogP contribution in [-0.4, -0.2) is 18.0 Å². The van der Waals surface area contributed by atoms with Crippen LogP contribution in [0, 0.1) is 0 Å². The van der Waals surface area contributed by atoms with Crippen molar-refractivity contribution in [2.24, 2.45) is 0 Å². The van der Waals surface area contributed by atoms with Gasteiger partial charge in [-0.15, -0.1) is 0 Å². The molecule has 0 heterocycles. The van der Waals surface area contributed by atoms with E-state index in [2.05, 4.69) is 62.6 Å². The number of rotatable bonds is 7. The molecule has 0 bridgehead atoms. The molecule has 1 heteroatoms. The molecule has 0 N–H and O–H groups in total. The Morgan fingerprint density at radius 2 is 1.89 bits per heavy atom. The highest BCUT2D eigenvalue weighted by molar-refractivity contribution is 5.52. The van der Waals surface area contributed by atoms with Gasteiger partial charge in [0.25, 0.3) is 0 Å². The zero-order chi connectivity index (χ0) is 13.4. The Balaban J connectivity index is 2.63. The number of benzene rings is 1. The molecule has 1 nitrogen and oxygen atoms in total. The van der Waals surface area contributed by atoms with Gasteiger partial charge in [-0.1, -0.05) is 61.9 Å². The van der Waals surface area contributed by atoms with Crippen molar-refractivity contribution in [3.8, 4) is 0 Å². The van der Waals surface area contributed by atoms with Crippen molar-refractivity contribution in [1.29, 1.82) is 0 Å². The first kappa shape index (κ1) is 14.6. The summed E-state index contributed by atoms with van der Waals surface area (Å²) in [6, 6.07) is 10.5. The Bertz CT molecular complexity index is 389. The summed E-state index contributed by atoms with van der Waals surface area (Å²) in [7, 11) is 0. The number of allylic oxidation sites excluding steroid dienone is 1. The molecule has 0 saturated heterocycles. The summed E-state index contributed by atoms with van der Waals surface area (Å²) in [5.74, 6) is 0. The zero-order valence-electron chi connectivity index (χ0n) is 11.9. The van der Waals surface area contributed by atoms with Crippen LogP contribution in [0.5, 0.6) is 0 Å². The van der Waals surface area contributed by atoms with Crippen molar-refractivity contribution < 1.29 is 0 Å². The van der Waals surface area contributed by atoms with E-state index < -0.39 is 0 Å². The second-order valence-corrected chi connectivity index (χ2v) is 4.91. The fourth-order valence-corrected chi connectivity index (χ4v) is 1.93. The average Bonchev–Trinajstić information content (AvgIpc) is 2.35. The van der Waals surface area contributed by atoms with Crippen molar-refractivity contribution in [2.75, 3.05) is 13.1 Å². The van der Waals surface area contributed by atoms with Gasteiger partial charge in [0.15, 0.2) is 0 Å². The van der Waals surface area contributed by atoms with E-state index in [1.54, 1.807) is 0 Å². The van der Waals surface area contributed by atoms with Crippen molar-refractivity contribution in [1.82, 2.24) is 4.90 Å². The molecule has 0 atom stereocenters. The Hall–Kier alpha value is -1.50. The van der Waals surface area contributed by atoms with Crippen molar-refractivity contribution in [2.45, 2.75) is 33.6 Å². The lowest BCUT2D eigenvalue weighted by Gasteiger charge is -2.25. The molecular formula is C17H25N. The van der Waals surface area contributed by atoms with Gasteiger partial charge in [-0.2, -0.15) is 0 Å². The van der Waals surface area contributed by atoms with Crippen molar-refractivity contribution >= 4 is 6.08 Å². The quantitative estimate of drug-likeness (QED) is 0.669. The van der Waals surface area contributed by atoms with Crippen LogP contribution >= 0.6 is 0 Å². The van der Waals surface area contributed by atoms with E-state index in [4.69, 9.17) is 0 Å². The highest BCUT2D eigenvalue weighted by Gasteiger charge is 2.04. The fourth-order valence-electron chi connectivity index (χ4n) is 1.93. The largest absolute Gasteiger partial charge is 0.372 e. The van der Waals surface area contributed by atoms with Crippen LogP contribution in [0.15, 0.2) is 48.2 Å². The molecule has 0 radical (unpaired) electrons. The van der Waals surface area contributed by atoms with Crippen molar-refractivity contribution in [3.05, 3.63) is 53.7 Å². The molecule has 18 heavy (non-hydrogen) atoms. The maximum Gasteiger partial charge on any atom is 0.0386 e. The molecule has 0 spiro atoms. The standard InChI is InChI=1S/C17H25N/c1-5-6-12-18(15(2)3)14-16(4)13-17-10-8-7-9-11-17/h7-11,13H,2,5-6,12,14H2,1,3-4H3/b16-13-. The summed E-state index contributed by atoms with van der Waals surface area (Å²) in [4.78, 5) is 2.36. The van der Waals surface area contributed by atoms with Crippen LogP contribution in [0.1, 0.15) is 39.2 Å². The van der Waals surface area contributed by atoms with Crippen LogP contribution in [0.3, 0.4) is 0 Å². The predicted molar refractivity (Wildman–Crippen MR) is 81.4 cm³/mol. The van der Waals surface area contributed by atoms with E-state index in [1.807, 2.05) is 6.07 Å². The number of hydrogen-bond acceptors (Lipinski definition) is 1. The van der Waals surface area contributed by atoms with Gasteiger partial charge in [0.2, 0.25) is 0 Å². The highest BCUT2D eigenvalue weighted by atomic mass is 15.1. The van der Waals surface area contributed by atoms with Gasteiger partial charge in [0.05, 0.1) is 0 Å². The Morgan fingerprint density at radius 3 is 2.44 bits per heavy atom. The van der Waals surface area contributed by atoms with E-state index in [-0.39, 0.29) is 0 Å². The SMILES string of the molecule is C=C(C)N(CCCC)C/C(C)=C\c1ccccc1. The lowest BCUT2D eigenvalue weighted by molar-refractivity contribution is 0.366. The summed E-state index contributed by atoms with van der Waals surface area (Å²) in [5.41, 5.74) is 3.80. The van der Waals surface area contributed by atoms with E-state index in [0.717, 1.165) is 18.8 Å². The second kappa shape index (κ2) is 7.75. The number of unbranched alkanes of at least 4 members (excludes halogenated alkanes) is 1. The first-order valence-electron chi connectivity index (χ1n) is 6.76. The lowest BCUT2D eigenvalue weighted by Crippen LogP contribution is -2.24. The van der Waals surface area contributed by atoms with Gasteiger partial charge in [-0.25, -0.2) is 0 Å². The van der Waals surface area contributed by atoms with E-state index in [9.17, 15) is 0 Å². The van der Waals surface area contributed by atoms with E-state index in [1.165, 1.54) is 24.0 Å². The van der Waals surface area contributed by atoms with E-state index in [0.29, 0.717) is 0 Å². The monoisotopic (exact) mass is 243 g/mol. The third kappa shape index (κ3) is 5.22. The minimum absolute atomic E-state index is 0.976. The maximum atomic E-state index is 4.07. The molecule has 0 aliphatic carbocycles. The topological polar surface area (TPSA) is 3.24 Å². The molecule has 0 fully saturated rings. The second-order valence-electron chi connectivity index (χ2n) is 4.91. The first-order valence-corrected chi connectivity index (χ1v) is 6.76. The molecule has 98 valence electrons. The molecule has 0 amide bonds. The van der Waals surface area contributed by atoms with Crippen LogP contribution in [0.25, 0.3) is 6.08 Å². The summed E-state index contributed by atoms with van der Waals surface area (Å²) < 4.78 is 0. The van der Waals surface area contributed by atoms with Crippen LogP contribution < -0.4 is 0 Å². The van der Waals surface area contributed by atoms with Gasteiger partial charge in [-0.3, -0.25) is 0 Å². The molecular weight excluding hydrogens is 218 g/mol. The Kier molecular flexibility index (Phi) is 6.27. The van der Waals surface area contributed by atoms with Gasteiger partial charge in [0.1, 0.15) is 0 Å². The molecule has 1 aromatic rings. The molecule has 0 aromatic heterocycles. The predicted octanol–water partition coefficient (Wildman–Crippen LogP) is 4.73. The van der Waals surface area contributed by atoms with Crippen LogP contribution in [-0.2, 0) is 0 Å². The molecule has 0 saturated carbocycles. The van der Waals surface area contributed by atoms with Gasteiger partial charge in [-0.05, 0) is 25.8 Å². The first-order chi connectivity index (χ1) is 8.63. The summed E-state index contributed by atoms with van der Waals surface area (Å²) in [6.07, 6.45) is 4.71. The molecule has 0 unspecified atom stereocenters. The minimum Gasteiger partial charge on any atom is -0.372 e. The fraction of sp³-hybridized carbons (Fsp3) is 0.412. The molecule has 1 rings (SSSR count). The van der Waals surface area contributed by atoms with Gasteiger partial charge >= 0.3 is 0 Å². The summed E-state index contributed by atoms with van der Waals surface area (Å²) in [6.45, 7) is 12.7. The Morgan fingerprint density at radius 1 is 1.22 bits per heavy atom. The highest BCUT2D eigenvalue weighted by Crippen LogP contribution is 2.11. The van der Waals surface area contributed by atoms with Gasteiger partial charge in [0, 0.05) is 18.8 Å². The number of hydrogen-bond donors (Lipinski definition) is 0. The summed E-state index contributed by atoms with van der Waals surface area (Å²) in [5, 5.41) is 0. The third-order valence-electron chi connectivity index (χ3n) is 2.97.